The lowest BCUT2D eigenvalue weighted by Crippen LogP contribution is -2.20. The Morgan fingerprint density at radius 2 is 2.33 bits per heavy atom. The second kappa shape index (κ2) is 7.36. The third-order valence-electron chi connectivity index (χ3n) is 1.24. The lowest BCUT2D eigenvalue weighted by molar-refractivity contribution is -0.140. The van der Waals surface area contributed by atoms with E-state index in [2.05, 4.69) is 10.1 Å². The number of ether oxygens (including phenoxy) is 1. The molecular formula is C7H13NO2S2. The number of nitrogens with one attached hydrogen (secondary N) is 1. The van der Waals surface area contributed by atoms with Crippen molar-refractivity contribution >= 4 is 34.3 Å². The van der Waals surface area contributed by atoms with Gasteiger partial charge in [0.25, 0.3) is 0 Å². The minimum atomic E-state index is -0.174. The fourth-order valence-corrected chi connectivity index (χ4v) is 0.946. The third kappa shape index (κ3) is 6.42. The fourth-order valence-electron chi connectivity index (χ4n) is 0.597. The summed E-state index contributed by atoms with van der Waals surface area (Å²) in [6, 6.07) is 0. The first-order valence-corrected chi connectivity index (χ1v) is 5.22. The molecule has 0 saturated carbocycles. The van der Waals surface area contributed by atoms with Gasteiger partial charge >= 0.3 is 5.97 Å². The van der Waals surface area contributed by atoms with Crippen LogP contribution in [0.2, 0.25) is 0 Å². The molecule has 0 atom stereocenters. The number of carbonyl (C=O) groups excluding carboxylic acids is 1. The molecular weight excluding hydrogens is 194 g/mol. The molecule has 0 aromatic carbocycles. The quantitative estimate of drug-likeness (QED) is 0.426. The van der Waals surface area contributed by atoms with Gasteiger partial charge in [-0.25, -0.2) is 0 Å². The average molecular weight is 207 g/mol. The van der Waals surface area contributed by atoms with Gasteiger partial charge in [-0.05, 0) is 12.7 Å². The molecule has 12 heavy (non-hydrogen) atoms. The summed E-state index contributed by atoms with van der Waals surface area (Å²) in [4.78, 5) is 10.6. The summed E-state index contributed by atoms with van der Waals surface area (Å²) in [5.41, 5.74) is 0. The van der Waals surface area contributed by atoms with Crippen LogP contribution in [0.5, 0.6) is 0 Å². The molecule has 0 rings (SSSR count). The van der Waals surface area contributed by atoms with Crippen molar-refractivity contribution in [3.8, 4) is 0 Å². The lowest BCUT2D eigenvalue weighted by Gasteiger charge is -2.03. The van der Waals surface area contributed by atoms with Crippen LogP contribution in [0.3, 0.4) is 0 Å². The first-order chi connectivity index (χ1) is 5.70. The minimum absolute atomic E-state index is 0.174. The smallest absolute Gasteiger partial charge is 0.305 e. The molecule has 0 aromatic rings. The van der Waals surface area contributed by atoms with Gasteiger partial charge in [-0.15, -0.1) is 11.8 Å². The molecule has 0 amide bonds. The molecule has 0 radical (unpaired) electrons. The van der Waals surface area contributed by atoms with E-state index in [0.29, 0.717) is 6.42 Å². The molecule has 0 aromatic heterocycles. The third-order valence-corrected chi connectivity index (χ3v) is 2.40. The average Bonchev–Trinajstić information content (AvgIpc) is 2.11. The zero-order valence-electron chi connectivity index (χ0n) is 7.25. The Bertz CT molecular complexity index is 143. The molecule has 0 aliphatic heterocycles. The Morgan fingerprint density at radius 1 is 1.67 bits per heavy atom. The highest BCUT2D eigenvalue weighted by atomic mass is 32.2. The summed E-state index contributed by atoms with van der Waals surface area (Å²) < 4.78 is 5.24. The fraction of sp³-hybridized carbons (Fsp3) is 0.714. The van der Waals surface area contributed by atoms with Crippen LogP contribution in [0, 0.1) is 0 Å². The van der Waals surface area contributed by atoms with Crippen molar-refractivity contribution in [2.24, 2.45) is 0 Å². The number of hydrogen-bond acceptors (Lipinski definition) is 4. The maximum Gasteiger partial charge on any atom is 0.305 e. The number of carbonyl (C=O) groups is 1. The molecule has 0 fully saturated rings. The van der Waals surface area contributed by atoms with Gasteiger partial charge in [-0.1, -0.05) is 12.2 Å². The highest BCUT2D eigenvalue weighted by molar-refractivity contribution is 8.22. The number of thiocarbonyl (C=S) groups is 1. The molecule has 1 N–H and O–H groups in total. The van der Waals surface area contributed by atoms with Crippen LogP contribution < -0.4 is 5.32 Å². The van der Waals surface area contributed by atoms with Crippen LogP contribution in [0.4, 0.5) is 0 Å². The Morgan fingerprint density at radius 3 is 2.83 bits per heavy atom. The van der Waals surface area contributed by atoms with Crippen molar-refractivity contribution in [1.82, 2.24) is 5.32 Å². The van der Waals surface area contributed by atoms with E-state index in [0.717, 1.165) is 17.3 Å². The van der Waals surface area contributed by atoms with E-state index >= 15 is 0 Å². The molecule has 0 spiro atoms. The zero-order chi connectivity index (χ0) is 9.40. The van der Waals surface area contributed by atoms with Crippen LogP contribution in [0.1, 0.15) is 12.8 Å². The molecule has 0 aliphatic rings. The van der Waals surface area contributed by atoms with E-state index in [1.165, 1.54) is 18.9 Å². The highest BCUT2D eigenvalue weighted by Crippen LogP contribution is 1.95. The molecule has 0 aliphatic carbocycles. The van der Waals surface area contributed by atoms with Crippen molar-refractivity contribution in [1.29, 1.82) is 0 Å². The number of thioether (sulfide) groups is 1. The van der Waals surface area contributed by atoms with E-state index < -0.39 is 0 Å². The standard InChI is InChI=1S/C7H13NO2S2/c1-10-6(9)4-3-5-8-7(11)12-2/h3-5H2,1-2H3,(H,8,11). The van der Waals surface area contributed by atoms with E-state index in [4.69, 9.17) is 12.2 Å². The summed E-state index contributed by atoms with van der Waals surface area (Å²) in [5, 5.41) is 3.00. The van der Waals surface area contributed by atoms with E-state index in [9.17, 15) is 4.79 Å². The van der Waals surface area contributed by atoms with Gasteiger partial charge in [-0.3, -0.25) is 4.79 Å². The zero-order valence-corrected chi connectivity index (χ0v) is 8.89. The Balaban J connectivity index is 3.21. The van der Waals surface area contributed by atoms with Gasteiger partial charge < -0.3 is 10.1 Å². The van der Waals surface area contributed by atoms with Gasteiger partial charge in [0.15, 0.2) is 0 Å². The Hall–Kier alpha value is -0.290. The van der Waals surface area contributed by atoms with Crippen molar-refractivity contribution in [2.75, 3.05) is 19.9 Å². The normalized spacial score (nSPS) is 9.17. The molecule has 0 unspecified atom stereocenters. The molecule has 3 nitrogen and oxygen atoms in total. The first-order valence-electron chi connectivity index (χ1n) is 3.59. The second-order valence-electron chi connectivity index (χ2n) is 2.10. The van der Waals surface area contributed by atoms with Gasteiger partial charge in [-0.2, -0.15) is 0 Å². The predicted octanol–water partition coefficient (Wildman–Crippen LogP) is 1.18. The van der Waals surface area contributed by atoms with Gasteiger partial charge in [0.05, 0.1) is 7.11 Å². The van der Waals surface area contributed by atoms with Crippen molar-refractivity contribution < 1.29 is 9.53 Å². The summed E-state index contributed by atoms with van der Waals surface area (Å²) in [6.07, 6.45) is 3.11. The Labute approximate surface area is 82.2 Å². The first kappa shape index (κ1) is 11.7. The van der Waals surface area contributed by atoms with Crippen LogP contribution in [0.25, 0.3) is 0 Å². The monoisotopic (exact) mass is 207 g/mol. The summed E-state index contributed by atoms with van der Waals surface area (Å²) >= 11 is 6.39. The topological polar surface area (TPSA) is 38.3 Å². The molecule has 0 heterocycles. The maximum atomic E-state index is 10.6. The van der Waals surface area contributed by atoms with Crippen molar-refractivity contribution in [3.05, 3.63) is 0 Å². The maximum absolute atomic E-state index is 10.6. The Kier molecular flexibility index (Phi) is 7.19. The van der Waals surface area contributed by atoms with E-state index in [-0.39, 0.29) is 5.97 Å². The van der Waals surface area contributed by atoms with E-state index in [1.54, 1.807) is 0 Å². The van der Waals surface area contributed by atoms with Crippen LogP contribution in [-0.4, -0.2) is 30.2 Å². The number of esters is 1. The molecule has 0 bridgehead atoms. The van der Waals surface area contributed by atoms with Crippen LogP contribution in [-0.2, 0) is 9.53 Å². The molecule has 0 saturated heterocycles. The predicted molar refractivity (Wildman–Crippen MR) is 55.4 cm³/mol. The minimum Gasteiger partial charge on any atom is -0.469 e. The van der Waals surface area contributed by atoms with Crippen molar-refractivity contribution in [2.45, 2.75) is 12.8 Å². The summed E-state index contributed by atoms with van der Waals surface area (Å²) in [7, 11) is 1.39. The SMILES string of the molecule is COC(=O)CCCNC(=S)SC. The van der Waals surface area contributed by atoms with Crippen molar-refractivity contribution in [3.63, 3.8) is 0 Å². The molecule has 70 valence electrons. The summed E-state index contributed by atoms with van der Waals surface area (Å²) in [5.74, 6) is -0.174. The second-order valence-corrected chi connectivity index (χ2v) is 3.58. The lowest BCUT2D eigenvalue weighted by atomic mass is 10.3. The van der Waals surface area contributed by atoms with Gasteiger partial charge in [0.2, 0.25) is 0 Å². The van der Waals surface area contributed by atoms with Gasteiger partial charge in [0.1, 0.15) is 4.32 Å². The molecule has 5 heteroatoms. The number of methoxy groups -OCH3 is 1. The van der Waals surface area contributed by atoms with Crippen LogP contribution in [0.15, 0.2) is 0 Å². The largest absolute Gasteiger partial charge is 0.469 e. The highest BCUT2D eigenvalue weighted by Gasteiger charge is 1.98. The number of rotatable bonds is 4. The summed E-state index contributed by atoms with van der Waals surface area (Å²) in [6.45, 7) is 0.731. The van der Waals surface area contributed by atoms with Crippen LogP contribution >= 0.6 is 24.0 Å². The number of hydrogen-bond donors (Lipinski definition) is 1. The van der Waals surface area contributed by atoms with Gasteiger partial charge in [0, 0.05) is 13.0 Å². The van der Waals surface area contributed by atoms with E-state index in [1.807, 2.05) is 6.26 Å².